The van der Waals surface area contributed by atoms with Crippen LogP contribution < -0.4 is 10.6 Å². The van der Waals surface area contributed by atoms with E-state index in [2.05, 4.69) is 45.3 Å². The smallest absolute Gasteiger partial charge is 0.0575 e. The molecule has 2 heteroatoms. The van der Waals surface area contributed by atoms with Crippen molar-refractivity contribution in [3.63, 3.8) is 0 Å². The monoisotopic (exact) mass is 186 g/mol. The van der Waals surface area contributed by atoms with E-state index >= 15 is 0 Å². The molecule has 2 atom stereocenters. The van der Waals surface area contributed by atoms with Crippen LogP contribution in [0.3, 0.4) is 0 Å². The summed E-state index contributed by atoms with van der Waals surface area (Å²) < 4.78 is 0. The molecule has 2 unspecified atom stereocenters. The fourth-order valence-corrected chi connectivity index (χ4v) is 1.37. The summed E-state index contributed by atoms with van der Waals surface area (Å²) in [7, 11) is 0. The second-order valence-corrected chi connectivity index (χ2v) is 4.14. The lowest BCUT2D eigenvalue weighted by Crippen LogP contribution is -2.48. The molecule has 0 bridgehead atoms. The number of rotatable bonds is 7. The van der Waals surface area contributed by atoms with Crippen molar-refractivity contribution in [2.45, 2.75) is 72.1 Å². The van der Waals surface area contributed by atoms with Crippen LogP contribution in [0.2, 0.25) is 0 Å². The fraction of sp³-hybridized carbons (Fsp3) is 1.00. The Hall–Kier alpha value is -0.0800. The average Bonchev–Trinajstić information content (AvgIpc) is 2.03. The van der Waals surface area contributed by atoms with Crippen LogP contribution in [0.4, 0.5) is 0 Å². The summed E-state index contributed by atoms with van der Waals surface area (Å²) >= 11 is 0. The van der Waals surface area contributed by atoms with Crippen molar-refractivity contribution >= 4 is 0 Å². The first-order valence-corrected chi connectivity index (χ1v) is 5.62. The Balaban J connectivity index is 3.78. The first-order chi connectivity index (χ1) is 6.10. The molecule has 0 aromatic heterocycles. The summed E-state index contributed by atoms with van der Waals surface area (Å²) in [5.41, 5.74) is 0. The molecule has 0 rings (SSSR count). The van der Waals surface area contributed by atoms with E-state index in [4.69, 9.17) is 0 Å². The Labute approximate surface area is 83.5 Å². The van der Waals surface area contributed by atoms with Gasteiger partial charge in [0, 0.05) is 12.1 Å². The number of nitrogens with one attached hydrogen (secondary N) is 2. The van der Waals surface area contributed by atoms with Crippen LogP contribution in [-0.2, 0) is 0 Å². The third-order valence-corrected chi connectivity index (χ3v) is 2.21. The fourth-order valence-electron chi connectivity index (χ4n) is 1.37. The van der Waals surface area contributed by atoms with E-state index in [1.54, 1.807) is 0 Å². The minimum atomic E-state index is 0.486. The molecule has 2 N–H and O–H groups in total. The summed E-state index contributed by atoms with van der Waals surface area (Å²) in [6.45, 7) is 11.1. The second kappa shape index (κ2) is 7.34. The van der Waals surface area contributed by atoms with Gasteiger partial charge in [-0.05, 0) is 33.6 Å². The highest BCUT2D eigenvalue weighted by Gasteiger charge is 2.10. The molecule has 0 aliphatic heterocycles. The van der Waals surface area contributed by atoms with Crippen LogP contribution in [0.1, 0.15) is 53.9 Å². The lowest BCUT2D eigenvalue weighted by molar-refractivity contribution is 0.334. The Kier molecular flexibility index (Phi) is 7.29. The molecule has 0 aliphatic carbocycles. The van der Waals surface area contributed by atoms with E-state index in [1.807, 2.05) is 0 Å². The topological polar surface area (TPSA) is 24.1 Å². The van der Waals surface area contributed by atoms with Gasteiger partial charge in [-0.1, -0.05) is 20.3 Å². The van der Waals surface area contributed by atoms with Gasteiger partial charge in [-0.15, -0.1) is 0 Å². The highest BCUT2D eigenvalue weighted by atomic mass is 15.1. The van der Waals surface area contributed by atoms with Gasteiger partial charge in [0.2, 0.25) is 0 Å². The van der Waals surface area contributed by atoms with E-state index in [1.165, 1.54) is 19.3 Å². The second-order valence-electron chi connectivity index (χ2n) is 4.14. The van der Waals surface area contributed by atoms with Gasteiger partial charge >= 0.3 is 0 Å². The van der Waals surface area contributed by atoms with Crippen LogP contribution in [-0.4, -0.2) is 18.2 Å². The predicted octanol–water partition coefficient (Wildman–Crippen LogP) is 2.50. The van der Waals surface area contributed by atoms with Gasteiger partial charge in [-0.3, -0.25) is 10.6 Å². The van der Waals surface area contributed by atoms with Gasteiger partial charge in [0.25, 0.3) is 0 Å². The molecule has 0 heterocycles. The molecule has 0 amide bonds. The van der Waals surface area contributed by atoms with Crippen LogP contribution in [0.5, 0.6) is 0 Å². The van der Waals surface area contributed by atoms with E-state index in [-0.39, 0.29) is 0 Å². The lowest BCUT2D eigenvalue weighted by Gasteiger charge is -2.25. The molecule has 0 fully saturated rings. The van der Waals surface area contributed by atoms with Gasteiger partial charge in [-0.2, -0.15) is 0 Å². The zero-order valence-electron chi connectivity index (χ0n) is 9.85. The third kappa shape index (κ3) is 7.03. The minimum Gasteiger partial charge on any atom is -0.300 e. The van der Waals surface area contributed by atoms with Crippen molar-refractivity contribution in [3.05, 3.63) is 0 Å². The molecule has 0 aromatic rings. The number of hydrogen-bond donors (Lipinski definition) is 2. The third-order valence-electron chi connectivity index (χ3n) is 2.21. The molecular weight excluding hydrogens is 160 g/mol. The highest BCUT2D eigenvalue weighted by molar-refractivity contribution is 4.70. The maximum atomic E-state index is 3.59. The summed E-state index contributed by atoms with van der Waals surface area (Å²) in [5, 5.41) is 7.12. The molecule has 0 radical (unpaired) electrons. The zero-order chi connectivity index (χ0) is 10.3. The van der Waals surface area contributed by atoms with Crippen molar-refractivity contribution in [1.29, 1.82) is 0 Å². The van der Waals surface area contributed by atoms with Crippen LogP contribution in [0.15, 0.2) is 0 Å². The zero-order valence-corrected chi connectivity index (χ0v) is 9.85. The van der Waals surface area contributed by atoms with Crippen molar-refractivity contribution in [1.82, 2.24) is 10.6 Å². The minimum absolute atomic E-state index is 0.486. The maximum Gasteiger partial charge on any atom is 0.0575 e. The van der Waals surface area contributed by atoms with Crippen molar-refractivity contribution in [2.75, 3.05) is 0 Å². The first-order valence-electron chi connectivity index (χ1n) is 5.62. The maximum absolute atomic E-state index is 3.59. The molecule has 2 nitrogen and oxygen atoms in total. The summed E-state index contributed by atoms with van der Waals surface area (Å²) in [6, 6.07) is 1.18. The number of hydrogen-bond acceptors (Lipinski definition) is 2. The summed E-state index contributed by atoms with van der Waals surface area (Å²) in [6.07, 6.45) is 4.12. The molecule has 0 saturated heterocycles. The molecule has 0 aromatic carbocycles. The molecular formula is C11H26N2. The van der Waals surface area contributed by atoms with E-state index in [9.17, 15) is 0 Å². The Morgan fingerprint density at radius 1 is 1.00 bits per heavy atom. The molecule has 80 valence electrons. The summed E-state index contributed by atoms with van der Waals surface area (Å²) in [5.74, 6) is 0. The van der Waals surface area contributed by atoms with Gasteiger partial charge in [-0.25, -0.2) is 0 Å². The Morgan fingerprint density at radius 2 is 1.62 bits per heavy atom. The SMILES string of the molecule is CCCC(NC(C)C)NC(C)CC. The van der Waals surface area contributed by atoms with Crippen LogP contribution in [0.25, 0.3) is 0 Å². The normalized spacial score (nSPS) is 16.2. The average molecular weight is 186 g/mol. The van der Waals surface area contributed by atoms with Gasteiger partial charge in [0.05, 0.1) is 6.17 Å². The van der Waals surface area contributed by atoms with Gasteiger partial charge < -0.3 is 0 Å². The van der Waals surface area contributed by atoms with Crippen LogP contribution >= 0.6 is 0 Å². The standard InChI is InChI=1S/C11H26N2/c1-6-8-11(12-9(3)4)13-10(5)7-2/h9-13H,6-8H2,1-5H3. The molecule has 0 saturated carbocycles. The van der Waals surface area contributed by atoms with Crippen molar-refractivity contribution in [3.8, 4) is 0 Å². The van der Waals surface area contributed by atoms with E-state index in [0.717, 1.165) is 0 Å². The largest absolute Gasteiger partial charge is 0.300 e. The van der Waals surface area contributed by atoms with Crippen molar-refractivity contribution in [2.24, 2.45) is 0 Å². The molecule has 0 aliphatic rings. The lowest BCUT2D eigenvalue weighted by atomic mass is 10.2. The summed E-state index contributed by atoms with van der Waals surface area (Å²) in [4.78, 5) is 0. The van der Waals surface area contributed by atoms with E-state index < -0.39 is 0 Å². The van der Waals surface area contributed by atoms with Gasteiger partial charge in [0.1, 0.15) is 0 Å². The van der Waals surface area contributed by atoms with Gasteiger partial charge in [0.15, 0.2) is 0 Å². The van der Waals surface area contributed by atoms with Crippen LogP contribution in [0, 0.1) is 0 Å². The quantitative estimate of drug-likeness (QED) is 0.597. The Morgan fingerprint density at radius 3 is 2.00 bits per heavy atom. The van der Waals surface area contributed by atoms with E-state index in [0.29, 0.717) is 18.2 Å². The van der Waals surface area contributed by atoms with Crippen molar-refractivity contribution < 1.29 is 0 Å². The predicted molar refractivity (Wildman–Crippen MR) is 59.9 cm³/mol. The molecule has 0 spiro atoms. The molecule has 13 heavy (non-hydrogen) atoms. The first kappa shape index (κ1) is 12.9. The highest BCUT2D eigenvalue weighted by Crippen LogP contribution is 1.98. The Bertz CT molecular complexity index is 113.